The number of benzene rings is 1. The summed E-state index contributed by atoms with van der Waals surface area (Å²) < 4.78 is 3.02. The van der Waals surface area contributed by atoms with Crippen molar-refractivity contribution in [2.24, 2.45) is 0 Å². The number of nitriles is 1. The summed E-state index contributed by atoms with van der Waals surface area (Å²) in [7, 11) is 0. The van der Waals surface area contributed by atoms with Gasteiger partial charge < -0.3 is 5.73 Å². The van der Waals surface area contributed by atoms with Crippen molar-refractivity contribution in [2.75, 3.05) is 11.1 Å². The van der Waals surface area contributed by atoms with Crippen LogP contribution in [0.1, 0.15) is 5.56 Å². The molecule has 0 saturated heterocycles. The Kier molecular flexibility index (Phi) is 4.32. The largest absolute Gasteiger partial charge is 0.394 e. The fourth-order valence-corrected chi connectivity index (χ4v) is 3.20. The summed E-state index contributed by atoms with van der Waals surface area (Å²) in [5.41, 5.74) is 9.66. The number of hydrogen-bond acceptors (Lipinski definition) is 5. The van der Waals surface area contributed by atoms with Crippen LogP contribution in [0.4, 0.5) is 11.6 Å². The number of hydrogen-bond donors (Lipinski definition) is 2. The molecule has 8 heteroatoms. The van der Waals surface area contributed by atoms with Gasteiger partial charge in [0.05, 0.1) is 17.8 Å². The summed E-state index contributed by atoms with van der Waals surface area (Å²) in [5.74, 6) is 0.477. The summed E-state index contributed by atoms with van der Waals surface area (Å²) in [6, 6.07) is 12.9. The Bertz CT molecular complexity index is 1160. The van der Waals surface area contributed by atoms with E-state index in [9.17, 15) is 5.26 Å². The fraction of sp³-hybridized carbons (Fsp3) is 0.0526. The van der Waals surface area contributed by atoms with Crippen LogP contribution in [-0.4, -0.2) is 14.6 Å². The molecular formula is C19H15ClN7+. The molecule has 7 nitrogen and oxygen atoms in total. The van der Waals surface area contributed by atoms with Crippen LogP contribution in [0, 0.1) is 11.5 Å². The number of halogens is 1. The first kappa shape index (κ1) is 16.8. The lowest BCUT2D eigenvalue weighted by Gasteiger charge is -2.13. The maximum atomic E-state index is 9.89. The molecule has 132 valence electrons. The summed E-state index contributed by atoms with van der Waals surface area (Å²) >= 11 is 6.38. The Hall–Kier alpha value is -3.63. The zero-order valence-electron chi connectivity index (χ0n) is 14.2. The number of aromatic nitrogens is 4. The summed E-state index contributed by atoms with van der Waals surface area (Å²) in [6.45, 7) is 0.469. The van der Waals surface area contributed by atoms with Crippen molar-refractivity contribution in [1.29, 1.82) is 5.26 Å². The van der Waals surface area contributed by atoms with Crippen molar-refractivity contribution in [1.82, 2.24) is 14.6 Å². The van der Waals surface area contributed by atoms with Gasteiger partial charge in [-0.05, 0) is 23.5 Å². The number of nitrogen functional groups attached to an aromatic ring is 1. The number of nitrogens with one attached hydrogen (secondary N) is 1. The third kappa shape index (κ3) is 2.92. The molecule has 0 spiro atoms. The molecule has 1 aromatic carbocycles. The minimum Gasteiger partial charge on any atom is -0.394 e. The highest BCUT2D eigenvalue weighted by Crippen LogP contribution is 2.32. The average Bonchev–Trinajstić information content (AvgIpc) is 3.19. The van der Waals surface area contributed by atoms with E-state index >= 15 is 0 Å². The lowest BCUT2D eigenvalue weighted by Crippen LogP contribution is -2.38. The monoisotopic (exact) mass is 376 g/mol. The molecule has 4 aromatic rings. The van der Waals surface area contributed by atoms with E-state index in [1.807, 2.05) is 30.3 Å². The van der Waals surface area contributed by atoms with Crippen molar-refractivity contribution in [3.63, 3.8) is 0 Å². The van der Waals surface area contributed by atoms with Gasteiger partial charge in [-0.1, -0.05) is 35.9 Å². The molecule has 0 amide bonds. The molecule has 0 radical (unpaired) electrons. The van der Waals surface area contributed by atoms with E-state index in [1.54, 1.807) is 35.2 Å². The van der Waals surface area contributed by atoms with E-state index in [1.165, 1.54) is 4.57 Å². The molecule has 27 heavy (non-hydrogen) atoms. The number of anilines is 2. The van der Waals surface area contributed by atoms with Crippen LogP contribution in [0.2, 0.25) is 5.02 Å². The van der Waals surface area contributed by atoms with Gasteiger partial charge in [0.25, 0.3) is 0 Å². The number of nitrogens with zero attached hydrogens (tertiary/aromatic N) is 5. The van der Waals surface area contributed by atoms with Crippen molar-refractivity contribution >= 4 is 28.8 Å². The van der Waals surface area contributed by atoms with Crippen LogP contribution < -0.4 is 15.6 Å². The van der Waals surface area contributed by atoms with E-state index in [-0.39, 0.29) is 0 Å². The number of pyridine rings is 1. The molecule has 0 fully saturated rings. The van der Waals surface area contributed by atoms with Crippen LogP contribution in [0.5, 0.6) is 0 Å². The standard InChI is InChI=1S/C19H14ClN7/c20-15-6-2-1-5-14(15)18-17(22)16-7-9-25-27(16)19(26(18)12-21)24-11-13-4-3-8-23-10-13/h1-10H,11,22H2/p+1. The summed E-state index contributed by atoms with van der Waals surface area (Å²) in [6.07, 6.45) is 7.30. The molecule has 0 aliphatic carbocycles. The highest BCUT2D eigenvalue weighted by molar-refractivity contribution is 6.33. The predicted octanol–water partition coefficient (Wildman–Crippen LogP) is 2.86. The highest BCUT2D eigenvalue weighted by atomic mass is 35.5. The Morgan fingerprint density at radius 1 is 1.19 bits per heavy atom. The third-order valence-electron chi connectivity index (χ3n) is 4.21. The zero-order valence-corrected chi connectivity index (χ0v) is 14.9. The fourth-order valence-electron chi connectivity index (χ4n) is 2.97. The molecule has 3 N–H and O–H groups in total. The van der Waals surface area contributed by atoms with E-state index < -0.39 is 0 Å². The smallest absolute Gasteiger partial charge is 0.354 e. The Morgan fingerprint density at radius 3 is 2.78 bits per heavy atom. The minimum atomic E-state index is 0.425. The summed E-state index contributed by atoms with van der Waals surface area (Å²) in [5, 5.41) is 18.0. The molecule has 0 atom stereocenters. The minimum absolute atomic E-state index is 0.425. The Labute approximate surface area is 160 Å². The van der Waals surface area contributed by atoms with Gasteiger partial charge in [-0.25, -0.2) is 0 Å². The lowest BCUT2D eigenvalue weighted by molar-refractivity contribution is -0.562. The van der Waals surface area contributed by atoms with Gasteiger partial charge in [0.1, 0.15) is 16.9 Å². The van der Waals surface area contributed by atoms with E-state index in [0.29, 0.717) is 40.0 Å². The van der Waals surface area contributed by atoms with E-state index in [2.05, 4.69) is 21.6 Å². The average molecular weight is 377 g/mol. The van der Waals surface area contributed by atoms with Crippen LogP contribution >= 0.6 is 11.6 Å². The molecular weight excluding hydrogens is 362 g/mol. The number of rotatable bonds is 4. The lowest BCUT2D eigenvalue weighted by atomic mass is 10.1. The van der Waals surface area contributed by atoms with Crippen LogP contribution in [0.25, 0.3) is 16.8 Å². The predicted molar refractivity (Wildman–Crippen MR) is 103 cm³/mol. The van der Waals surface area contributed by atoms with Gasteiger partial charge in [-0.15, -0.1) is 14.2 Å². The van der Waals surface area contributed by atoms with Gasteiger partial charge in [0.2, 0.25) is 0 Å². The van der Waals surface area contributed by atoms with E-state index in [4.69, 9.17) is 17.3 Å². The molecule has 0 aliphatic heterocycles. The quantitative estimate of drug-likeness (QED) is 0.534. The molecule has 0 aliphatic rings. The second-order valence-electron chi connectivity index (χ2n) is 5.84. The molecule has 0 unspecified atom stereocenters. The first-order valence-corrected chi connectivity index (χ1v) is 8.57. The Morgan fingerprint density at radius 2 is 2.04 bits per heavy atom. The first-order chi connectivity index (χ1) is 13.2. The normalized spacial score (nSPS) is 10.7. The van der Waals surface area contributed by atoms with Gasteiger partial charge >= 0.3 is 12.1 Å². The van der Waals surface area contributed by atoms with E-state index in [0.717, 1.165) is 5.56 Å². The van der Waals surface area contributed by atoms with Crippen molar-refractivity contribution in [3.8, 4) is 17.5 Å². The van der Waals surface area contributed by atoms with Crippen LogP contribution in [0.15, 0.2) is 61.1 Å². The van der Waals surface area contributed by atoms with Gasteiger partial charge in [-0.2, -0.15) is 0 Å². The zero-order chi connectivity index (χ0) is 18.8. The molecule has 3 aromatic heterocycles. The highest BCUT2D eigenvalue weighted by Gasteiger charge is 2.25. The van der Waals surface area contributed by atoms with Crippen LogP contribution in [-0.2, 0) is 6.54 Å². The van der Waals surface area contributed by atoms with Crippen molar-refractivity contribution < 1.29 is 4.57 Å². The van der Waals surface area contributed by atoms with Crippen molar-refractivity contribution in [3.05, 3.63) is 71.6 Å². The first-order valence-electron chi connectivity index (χ1n) is 8.19. The molecule has 0 bridgehead atoms. The second-order valence-corrected chi connectivity index (χ2v) is 6.25. The second kappa shape index (κ2) is 6.94. The molecule has 0 saturated carbocycles. The van der Waals surface area contributed by atoms with Crippen LogP contribution in [0.3, 0.4) is 0 Å². The number of fused-ring (bicyclic) bond motifs is 1. The van der Waals surface area contributed by atoms with Gasteiger partial charge in [0, 0.05) is 23.5 Å². The van der Waals surface area contributed by atoms with Gasteiger partial charge in [0.15, 0.2) is 0 Å². The third-order valence-corrected chi connectivity index (χ3v) is 4.54. The summed E-state index contributed by atoms with van der Waals surface area (Å²) in [4.78, 5) is 4.11. The van der Waals surface area contributed by atoms with Gasteiger partial charge in [-0.3, -0.25) is 10.3 Å². The Balaban J connectivity index is 1.93. The SMILES string of the molecule is N#C[n+]1c(-c2ccccc2Cl)c(N)c2ccnn2c1NCc1cccnc1. The topological polar surface area (TPSA) is 95.9 Å². The maximum absolute atomic E-state index is 9.89. The van der Waals surface area contributed by atoms with Crippen molar-refractivity contribution in [2.45, 2.75) is 6.54 Å². The maximum Gasteiger partial charge on any atom is 0.354 e. The molecule has 3 heterocycles. The number of nitrogens with two attached hydrogens (primary N) is 1. The molecule has 4 rings (SSSR count).